The number of carboxylic acids is 1. The Morgan fingerprint density at radius 2 is 2.27 bits per heavy atom. The van der Waals surface area contributed by atoms with E-state index in [4.69, 9.17) is 5.11 Å². The minimum absolute atomic E-state index is 0.0404. The quantitative estimate of drug-likeness (QED) is 0.920. The molecule has 0 bridgehead atoms. The van der Waals surface area contributed by atoms with Gasteiger partial charge in [-0.15, -0.1) is 11.3 Å². The molecule has 120 valence electrons. The third kappa shape index (κ3) is 3.18. The summed E-state index contributed by atoms with van der Waals surface area (Å²) >= 11 is 3.43. The van der Waals surface area contributed by atoms with Crippen molar-refractivity contribution in [2.45, 2.75) is 38.6 Å². The second-order valence-electron chi connectivity index (χ2n) is 6.22. The van der Waals surface area contributed by atoms with Gasteiger partial charge in [0, 0.05) is 28.3 Å². The Hall–Kier alpha value is -1.01. The van der Waals surface area contributed by atoms with Crippen LogP contribution in [0.2, 0.25) is 0 Å². The summed E-state index contributed by atoms with van der Waals surface area (Å²) in [5, 5.41) is 11.1. The van der Waals surface area contributed by atoms with Gasteiger partial charge in [-0.1, -0.05) is 6.92 Å². The summed E-state index contributed by atoms with van der Waals surface area (Å²) in [6.07, 6.45) is 3.23. The molecule has 1 amide bonds. The van der Waals surface area contributed by atoms with Gasteiger partial charge in [-0.3, -0.25) is 9.59 Å². The van der Waals surface area contributed by atoms with Gasteiger partial charge in [0.15, 0.2) is 0 Å². The van der Waals surface area contributed by atoms with Crippen LogP contribution in [-0.4, -0.2) is 46.0 Å². The molecule has 4 nitrogen and oxygen atoms in total. The highest BCUT2D eigenvalue weighted by atomic mass is 32.2. The van der Waals surface area contributed by atoms with Gasteiger partial charge in [-0.05, 0) is 30.7 Å². The first kappa shape index (κ1) is 15.9. The number of rotatable bonds is 3. The van der Waals surface area contributed by atoms with Crippen LogP contribution in [0.1, 0.15) is 40.6 Å². The maximum atomic E-state index is 12.9. The molecule has 0 saturated carbocycles. The van der Waals surface area contributed by atoms with Gasteiger partial charge in [-0.2, -0.15) is 11.8 Å². The summed E-state index contributed by atoms with van der Waals surface area (Å²) in [5.74, 6) is 1.53. The molecule has 2 atom stereocenters. The van der Waals surface area contributed by atoms with Gasteiger partial charge in [0.2, 0.25) is 0 Å². The number of hydrogen-bond acceptors (Lipinski definition) is 4. The lowest BCUT2D eigenvalue weighted by Gasteiger charge is -2.35. The van der Waals surface area contributed by atoms with Crippen molar-refractivity contribution in [1.82, 2.24) is 4.90 Å². The van der Waals surface area contributed by atoms with Crippen LogP contribution in [0.3, 0.4) is 0 Å². The van der Waals surface area contributed by atoms with Gasteiger partial charge >= 0.3 is 5.97 Å². The maximum Gasteiger partial charge on any atom is 0.305 e. The van der Waals surface area contributed by atoms with E-state index in [0.717, 1.165) is 36.3 Å². The van der Waals surface area contributed by atoms with Gasteiger partial charge in [-0.25, -0.2) is 0 Å². The summed E-state index contributed by atoms with van der Waals surface area (Å²) < 4.78 is 0. The molecule has 2 unspecified atom stereocenters. The van der Waals surface area contributed by atoms with Crippen molar-refractivity contribution in [3.63, 3.8) is 0 Å². The Bertz CT molecular complexity index is 584. The Morgan fingerprint density at radius 1 is 1.45 bits per heavy atom. The summed E-state index contributed by atoms with van der Waals surface area (Å²) in [5.41, 5.74) is 2.05. The number of fused-ring (bicyclic) bond motifs is 1. The Kier molecular flexibility index (Phi) is 4.78. The zero-order valence-corrected chi connectivity index (χ0v) is 14.3. The standard InChI is InChI=1S/C16H21NO3S2/c1-10-2-3-12-13(9-22-14(12)6-10)16(20)17-4-5-21-8-11(17)7-15(18)19/h9-11H,2-8H2,1H3,(H,18,19). The van der Waals surface area contributed by atoms with Crippen LogP contribution in [0.15, 0.2) is 5.38 Å². The van der Waals surface area contributed by atoms with Crippen LogP contribution in [0.5, 0.6) is 0 Å². The maximum absolute atomic E-state index is 12.9. The Labute approximate surface area is 138 Å². The fourth-order valence-electron chi connectivity index (χ4n) is 3.30. The van der Waals surface area contributed by atoms with Crippen LogP contribution >= 0.6 is 23.1 Å². The smallest absolute Gasteiger partial charge is 0.305 e. The Morgan fingerprint density at radius 3 is 3.05 bits per heavy atom. The van der Waals surface area contributed by atoms with E-state index < -0.39 is 5.97 Å². The zero-order chi connectivity index (χ0) is 15.7. The van der Waals surface area contributed by atoms with Crippen molar-refractivity contribution in [3.05, 3.63) is 21.4 Å². The number of thiophene rings is 1. The monoisotopic (exact) mass is 339 g/mol. The molecule has 1 saturated heterocycles. The van der Waals surface area contributed by atoms with E-state index in [2.05, 4.69) is 6.92 Å². The second kappa shape index (κ2) is 6.62. The number of carbonyl (C=O) groups is 2. The molecule has 0 spiro atoms. The molecular weight excluding hydrogens is 318 g/mol. The lowest BCUT2D eigenvalue weighted by Crippen LogP contribution is -2.47. The molecule has 0 radical (unpaired) electrons. The van der Waals surface area contributed by atoms with Crippen LogP contribution in [-0.2, 0) is 17.6 Å². The lowest BCUT2D eigenvalue weighted by atomic mass is 9.88. The fourth-order valence-corrected chi connectivity index (χ4v) is 5.60. The Balaban J connectivity index is 1.82. The normalized spacial score (nSPS) is 24.9. The highest BCUT2D eigenvalue weighted by Gasteiger charge is 2.32. The van der Waals surface area contributed by atoms with Crippen molar-refractivity contribution >= 4 is 35.0 Å². The first-order valence-corrected chi connectivity index (χ1v) is 9.79. The van der Waals surface area contributed by atoms with E-state index in [1.54, 1.807) is 28.0 Å². The summed E-state index contributed by atoms with van der Waals surface area (Å²) in [7, 11) is 0. The predicted octanol–water partition coefficient (Wildman–Crippen LogP) is 2.91. The summed E-state index contributed by atoms with van der Waals surface area (Å²) in [6, 6.07) is -0.179. The van der Waals surface area contributed by atoms with Gasteiger partial charge in [0.25, 0.3) is 5.91 Å². The van der Waals surface area contributed by atoms with Crippen molar-refractivity contribution in [3.8, 4) is 0 Å². The molecular formula is C16H21NO3S2. The zero-order valence-electron chi connectivity index (χ0n) is 12.7. The average molecular weight is 339 g/mol. The van der Waals surface area contributed by atoms with E-state index in [9.17, 15) is 9.59 Å². The summed E-state index contributed by atoms with van der Waals surface area (Å²) in [4.78, 5) is 27.1. The van der Waals surface area contributed by atoms with Crippen LogP contribution in [0, 0.1) is 5.92 Å². The molecule has 1 aliphatic carbocycles. The number of aliphatic carboxylic acids is 1. The van der Waals surface area contributed by atoms with Gasteiger partial charge < -0.3 is 10.0 Å². The predicted molar refractivity (Wildman–Crippen MR) is 89.9 cm³/mol. The minimum atomic E-state index is -0.827. The van der Waals surface area contributed by atoms with Crippen LogP contribution in [0.25, 0.3) is 0 Å². The van der Waals surface area contributed by atoms with Crippen LogP contribution < -0.4 is 0 Å². The number of hydrogen-bond donors (Lipinski definition) is 1. The van der Waals surface area contributed by atoms with E-state index in [0.29, 0.717) is 12.5 Å². The van der Waals surface area contributed by atoms with Crippen molar-refractivity contribution in [1.29, 1.82) is 0 Å². The lowest BCUT2D eigenvalue weighted by molar-refractivity contribution is -0.138. The van der Waals surface area contributed by atoms with Gasteiger partial charge in [0.1, 0.15) is 0 Å². The van der Waals surface area contributed by atoms with Crippen LogP contribution in [0.4, 0.5) is 0 Å². The number of amides is 1. The van der Waals surface area contributed by atoms with Crippen molar-refractivity contribution in [2.75, 3.05) is 18.1 Å². The second-order valence-corrected chi connectivity index (χ2v) is 8.34. The molecule has 22 heavy (non-hydrogen) atoms. The summed E-state index contributed by atoms with van der Waals surface area (Å²) in [6.45, 7) is 2.91. The molecule has 6 heteroatoms. The van der Waals surface area contributed by atoms with Crippen molar-refractivity contribution < 1.29 is 14.7 Å². The molecule has 1 aromatic heterocycles. The highest BCUT2D eigenvalue weighted by molar-refractivity contribution is 7.99. The third-order valence-electron chi connectivity index (χ3n) is 4.53. The van der Waals surface area contributed by atoms with Gasteiger partial charge in [0.05, 0.1) is 18.0 Å². The molecule has 0 aromatic carbocycles. The highest BCUT2D eigenvalue weighted by Crippen LogP contribution is 2.34. The molecule has 2 aliphatic rings. The minimum Gasteiger partial charge on any atom is -0.481 e. The molecule has 3 rings (SSSR count). The van der Waals surface area contributed by atoms with E-state index in [-0.39, 0.29) is 18.4 Å². The molecule has 1 aliphatic heterocycles. The molecule has 1 fully saturated rings. The average Bonchev–Trinajstić information content (AvgIpc) is 2.89. The van der Waals surface area contributed by atoms with E-state index in [1.165, 1.54) is 10.4 Å². The first-order valence-electron chi connectivity index (χ1n) is 7.76. The molecule has 1 aromatic rings. The van der Waals surface area contributed by atoms with E-state index in [1.807, 2.05) is 5.38 Å². The number of nitrogens with zero attached hydrogens (tertiary/aromatic N) is 1. The molecule has 1 N–H and O–H groups in total. The number of carbonyl (C=O) groups excluding carboxylic acids is 1. The van der Waals surface area contributed by atoms with E-state index >= 15 is 0 Å². The largest absolute Gasteiger partial charge is 0.481 e. The SMILES string of the molecule is CC1CCc2c(C(=O)N3CCSCC3CC(=O)O)csc2C1. The topological polar surface area (TPSA) is 57.6 Å². The third-order valence-corrected chi connectivity index (χ3v) is 6.67. The van der Waals surface area contributed by atoms with Crippen molar-refractivity contribution in [2.24, 2.45) is 5.92 Å². The number of carboxylic acid groups (broad SMARTS) is 1. The fraction of sp³-hybridized carbons (Fsp3) is 0.625. The number of thioether (sulfide) groups is 1. The first-order chi connectivity index (χ1) is 10.6. The molecule has 2 heterocycles.